The molecule has 4 nitrogen and oxygen atoms in total. The molecule has 1 heterocycles. The fourth-order valence-corrected chi connectivity index (χ4v) is 2.09. The quantitative estimate of drug-likeness (QED) is 0.783. The summed E-state index contributed by atoms with van der Waals surface area (Å²) in [5, 5.41) is 0. The van der Waals surface area contributed by atoms with Crippen LogP contribution in [0, 0.1) is 0 Å². The van der Waals surface area contributed by atoms with E-state index in [9.17, 15) is 18.0 Å². The van der Waals surface area contributed by atoms with Crippen LogP contribution in [0.25, 0.3) is 0 Å². The largest absolute Gasteiger partial charge is 0.465 e. The van der Waals surface area contributed by atoms with Gasteiger partial charge in [0.1, 0.15) is 0 Å². The maximum absolute atomic E-state index is 13.1. The van der Waals surface area contributed by atoms with Gasteiger partial charge in [-0.15, -0.1) is 0 Å². The number of methoxy groups -OCH3 is 1. The Morgan fingerprint density at radius 2 is 1.95 bits per heavy atom. The number of benzene rings is 1. The molecule has 0 bridgehead atoms. The summed E-state index contributed by atoms with van der Waals surface area (Å²) in [6.45, 7) is 1.55. The Kier molecular flexibility index (Phi) is 4.17. The molecule has 20 heavy (non-hydrogen) atoms. The van der Waals surface area contributed by atoms with Crippen molar-refractivity contribution in [3.8, 4) is 0 Å². The van der Waals surface area contributed by atoms with E-state index in [2.05, 4.69) is 4.74 Å². The van der Waals surface area contributed by atoms with Gasteiger partial charge in [-0.3, -0.25) is 0 Å². The Hall–Kier alpha value is -1.76. The first-order chi connectivity index (χ1) is 9.43. The average Bonchev–Trinajstić information content (AvgIpc) is 2.46. The molecule has 1 aliphatic rings. The van der Waals surface area contributed by atoms with Crippen LogP contribution < -0.4 is 4.90 Å². The molecule has 0 aromatic heterocycles. The molecule has 0 unspecified atom stereocenters. The molecule has 0 N–H and O–H groups in total. The fraction of sp³-hybridized carbons (Fsp3) is 0.462. The molecule has 0 amide bonds. The molecule has 1 aromatic carbocycles. The van der Waals surface area contributed by atoms with E-state index >= 15 is 0 Å². The predicted octanol–water partition coefficient (Wildman–Crippen LogP) is 2.33. The highest BCUT2D eigenvalue weighted by molar-refractivity contribution is 5.90. The number of hydrogen-bond donors (Lipinski definition) is 0. The molecule has 0 atom stereocenters. The van der Waals surface area contributed by atoms with Gasteiger partial charge in [-0.05, 0) is 18.2 Å². The second-order valence-corrected chi connectivity index (χ2v) is 4.32. The van der Waals surface area contributed by atoms with Crippen molar-refractivity contribution in [2.24, 2.45) is 0 Å². The summed E-state index contributed by atoms with van der Waals surface area (Å²) < 4.78 is 49.0. The van der Waals surface area contributed by atoms with E-state index < -0.39 is 17.7 Å². The number of rotatable bonds is 2. The minimum atomic E-state index is -4.53. The van der Waals surface area contributed by atoms with Gasteiger partial charge in [-0.25, -0.2) is 4.79 Å². The van der Waals surface area contributed by atoms with Gasteiger partial charge in [0.25, 0.3) is 0 Å². The predicted molar refractivity (Wildman–Crippen MR) is 65.8 cm³/mol. The summed E-state index contributed by atoms with van der Waals surface area (Å²) in [6, 6.07) is 3.48. The zero-order valence-corrected chi connectivity index (χ0v) is 10.9. The number of carbonyl (C=O) groups is 1. The standard InChI is InChI=1S/C13H14F3NO3/c1-19-12(18)9-2-3-11(10(8-9)13(14,15)16)17-4-6-20-7-5-17/h2-3,8H,4-7H2,1H3. The molecule has 0 saturated carbocycles. The van der Waals surface area contributed by atoms with E-state index in [1.807, 2.05) is 0 Å². The first-order valence-corrected chi connectivity index (χ1v) is 6.05. The summed E-state index contributed by atoms with van der Waals surface area (Å²) in [7, 11) is 1.13. The molecule has 1 fully saturated rings. The van der Waals surface area contributed by atoms with Crippen LogP contribution in [0.1, 0.15) is 15.9 Å². The normalized spacial score (nSPS) is 16.1. The van der Waals surface area contributed by atoms with Crippen molar-refractivity contribution in [3.63, 3.8) is 0 Å². The van der Waals surface area contributed by atoms with Gasteiger partial charge in [0.05, 0.1) is 31.5 Å². The summed E-state index contributed by atoms with van der Waals surface area (Å²) >= 11 is 0. The number of carbonyl (C=O) groups excluding carboxylic acids is 1. The molecule has 110 valence electrons. The Balaban J connectivity index is 2.42. The van der Waals surface area contributed by atoms with Gasteiger partial charge in [0.2, 0.25) is 0 Å². The third-order valence-electron chi connectivity index (χ3n) is 3.07. The first-order valence-electron chi connectivity index (χ1n) is 6.05. The van der Waals surface area contributed by atoms with Crippen molar-refractivity contribution in [1.82, 2.24) is 0 Å². The van der Waals surface area contributed by atoms with Crippen LogP contribution in [-0.2, 0) is 15.7 Å². The highest BCUT2D eigenvalue weighted by atomic mass is 19.4. The van der Waals surface area contributed by atoms with Crippen LogP contribution in [0.4, 0.5) is 18.9 Å². The van der Waals surface area contributed by atoms with Crippen LogP contribution in [0.5, 0.6) is 0 Å². The molecule has 1 saturated heterocycles. The smallest absolute Gasteiger partial charge is 0.418 e. The lowest BCUT2D eigenvalue weighted by molar-refractivity contribution is -0.137. The van der Waals surface area contributed by atoms with Gasteiger partial charge in [-0.1, -0.05) is 0 Å². The zero-order chi connectivity index (χ0) is 14.8. The molecule has 1 aliphatic heterocycles. The van der Waals surface area contributed by atoms with E-state index in [4.69, 9.17) is 4.74 Å². The molecule has 7 heteroatoms. The van der Waals surface area contributed by atoms with Crippen LogP contribution >= 0.6 is 0 Å². The van der Waals surface area contributed by atoms with E-state index in [1.54, 1.807) is 4.90 Å². The number of alkyl halides is 3. The van der Waals surface area contributed by atoms with E-state index in [1.165, 1.54) is 12.1 Å². The van der Waals surface area contributed by atoms with Gasteiger partial charge in [0.15, 0.2) is 0 Å². The zero-order valence-electron chi connectivity index (χ0n) is 10.9. The van der Waals surface area contributed by atoms with Gasteiger partial charge in [-0.2, -0.15) is 13.2 Å². The molecule has 0 aliphatic carbocycles. The van der Waals surface area contributed by atoms with E-state index in [-0.39, 0.29) is 11.3 Å². The molecule has 0 radical (unpaired) electrons. The number of esters is 1. The second kappa shape index (κ2) is 5.70. The van der Waals surface area contributed by atoms with E-state index in [0.29, 0.717) is 26.3 Å². The van der Waals surface area contributed by atoms with Crippen LogP contribution in [-0.4, -0.2) is 39.4 Å². The topological polar surface area (TPSA) is 38.8 Å². The van der Waals surface area contributed by atoms with Crippen LogP contribution in [0.2, 0.25) is 0 Å². The number of morpholine rings is 1. The molecular weight excluding hydrogens is 275 g/mol. The minimum Gasteiger partial charge on any atom is -0.465 e. The third kappa shape index (κ3) is 3.04. The highest BCUT2D eigenvalue weighted by Gasteiger charge is 2.36. The molecular formula is C13H14F3NO3. The summed E-state index contributed by atoms with van der Waals surface area (Å²) in [6.07, 6.45) is -4.53. The molecule has 1 aromatic rings. The molecule has 0 spiro atoms. The maximum Gasteiger partial charge on any atom is 0.418 e. The van der Waals surface area contributed by atoms with Gasteiger partial charge < -0.3 is 14.4 Å². The molecule has 2 rings (SSSR count). The Bertz CT molecular complexity index is 496. The SMILES string of the molecule is COC(=O)c1ccc(N2CCOCC2)c(C(F)(F)F)c1. The lowest BCUT2D eigenvalue weighted by atomic mass is 10.1. The van der Waals surface area contributed by atoms with Crippen molar-refractivity contribution < 1.29 is 27.4 Å². The number of halogens is 3. The van der Waals surface area contributed by atoms with E-state index in [0.717, 1.165) is 13.2 Å². The minimum absolute atomic E-state index is 0.0634. The number of nitrogens with zero attached hydrogens (tertiary/aromatic N) is 1. The van der Waals surface area contributed by atoms with Crippen molar-refractivity contribution in [1.29, 1.82) is 0 Å². The van der Waals surface area contributed by atoms with Crippen LogP contribution in [0.3, 0.4) is 0 Å². The van der Waals surface area contributed by atoms with Crippen molar-refractivity contribution in [3.05, 3.63) is 29.3 Å². The van der Waals surface area contributed by atoms with Crippen molar-refractivity contribution in [2.75, 3.05) is 38.3 Å². The fourth-order valence-electron chi connectivity index (χ4n) is 2.09. The Labute approximate surface area is 114 Å². The van der Waals surface area contributed by atoms with Gasteiger partial charge in [0, 0.05) is 18.8 Å². The third-order valence-corrected chi connectivity index (χ3v) is 3.07. The second-order valence-electron chi connectivity index (χ2n) is 4.32. The summed E-state index contributed by atoms with van der Waals surface area (Å²) in [5.74, 6) is -0.788. The number of hydrogen-bond acceptors (Lipinski definition) is 4. The first kappa shape index (κ1) is 14.6. The van der Waals surface area contributed by atoms with Crippen LogP contribution in [0.15, 0.2) is 18.2 Å². The van der Waals surface area contributed by atoms with Crippen molar-refractivity contribution >= 4 is 11.7 Å². The Morgan fingerprint density at radius 1 is 1.30 bits per heavy atom. The van der Waals surface area contributed by atoms with Gasteiger partial charge >= 0.3 is 12.1 Å². The number of ether oxygens (including phenoxy) is 2. The summed E-state index contributed by atoms with van der Waals surface area (Å²) in [5.41, 5.74) is -0.882. The average molecular weight is 289 g/mol. The summed E-state index contributed by atoms with van der Waals surface area (Å²) in [4.78, 5) is 13.0. The lowest BCUT2D eigenvalue weighted by Crippen LogP contribution is -2.37. The van der Waals surface area contributed by atoms with Crippen molar-refractivity contribution in [2.45, 2.75) is 6.18 Å². The maximum atomic E-state index is 13.1. The highest BCUT2D eigenvalue weighted by Crippen LogP contribution is 2.37. The monoisotopic (exact) mass is 289 g/mol. The lowest BCUT2D eigenvalue weighted by Gasteiger charge is -2.31. The Morgan fingerprint density at radius 3 is 2.50 bits per heavy atom. The number of anilines is 1.